The van der Waals surface area contributed by atoms with Gasteiger partial charge < -0.3 is 23.5 Å². The van der Waals surface area contributed by atoms with Gasteiger partial charge in [0.15, 0.2) is 0 Å². The van der Waals surface area contributed by atoms with Crippen LogP contribution >= 0.6 is 0 Å². The van der Waals surface area contributed by atoms with E-state index in [1.807, 2.05) is 0 Å². The van der Waals surface area contributed by atoms with Gasteiger partial charge in [-0.1, -0.05) is 194 Å². The third-order valence-corrected chi connectivity index (χ3v) is 18.3. The number of anilines is 6. The van der Waals surface area contributed by atoms with Crippen LogP contribution in [0.2, 0.25) is 0 Å². The van der Waals surface area contributed by atoms with Crippen LogP contribution in [0.15, 0.2) is 309 Å². The summed E-state index contributed by atoms with van der Waals surface area (Å²) in [7, 11) is 0. The molecule has 5 heterocycles. The smallest absolute Gasteiger partial charge is 0.247 e. The number of benzene rings is 13. The van der Waals surface area contributed by atoms with Crippen molar-refractivity contribution >= 4 is 123 Å². The van der Waals surface area contributed by atoms with Crippen LogP contribution in [0.4, 0.5) is 34.1 Å². The number of fused-ring (bicyclic) bond motifs is 15. The van der Waals surface area contributed by atoms with E-state index >= 15 is 0 Å². The number of hydrogen-bond donors (Lipinski definition) is 0. The molecule has 0 radical (unpaired) electrons. The summed E-state index contributed by atoms with van der Waals surface area (Å²) in [6, 6.07) is 115. The predicted octanol–water partition coefficient (Wildman–Crippen LogP) is 18.2. The van der Waals surface area contributed by atoms with Gasteiger partial charge in [-0.3, -0.25) is 0 Å². The zero-order valence-corrected chi connectivity index (χ0v) is 46.3. The van der Waals surface area contributed by atoms with Crippen LogP contribution in [0.1, 0.15) is 22.6 Å². The standard InChI is InChI=1S/C79H52BN5/c1-7-25-52(26-8-1)74-64-50-59(81(53-27-9-2-10-28-53)58-43-46-70-63(49-58)60-37-19-22-40-67(60)82(70)54-29-11-3-12-30-54)51-73-78(64)80(65-44-47-71-75(77(65)74)61-38-20-23-41-68(61)83(71)55-31-13-4-14-32-55)66-45-48-72-76(79(66)85(73)57-35-17-6-18-36-57)62-39-21-24-42-69(62)84(72)56-33-15-5-16-34-56/h1-51,74H. The number of aromatic nitrogens is 3. The van der Waals surface area contributed by atoms with E-state index in [1.165, 1.54) is 104 Å². The molecule has 2 aliphatic rings. The maximum atomic E-state index is 2.63. The first kappa shape index (κ1) is 47.6. The predicted molar refractivity (Wildman–Crippen MR) is 357 cm³/mol. The third kappa shape index (κ3) is 7.00. The van der Waals surface area contributed by atoms with Crippen molar-refractivity contribution in [1.29, 1.82) is 0 Å². The van der Waals surface area contributed by atoms with E-state index < -0.39 is 0 Å². The van der Waals surface area contributed by atoms with Gasteiger partial charge in [-0.25, -0.2) is 0 Å². The summed E-state index contributed by atoms with van der Waals surface area (Å²) >= 11 is 0. The summed E-state index contributed by atoms with van der Waals surface area (Å²) in [6.07, 6.45) is 0. The van der Waals surface area contributed by atoms with Crippen LogP contribution in [-0.4, -0.2) is 20.4 Å². The van der Waals surface area contributed by atoms with Crippen LogP contribution in [0.25, 0.3) is 82.5 Å². The Balaban J connectivity index is 1.00. The fourth-order valence-electron chi connectivity index (χ4n) is 15.0. The van der Waals surface area contributed by atoms with Gasteiger partial charge in [-0.05, 0) is 149 Å². The minimum Gasteiger partial charge on any atom is -0.311 e. The molecule has 18 rings (SSSR count). The molecule has 1 unspecified atom stereocenters. The van der Waals surface area contributed by atoms with E-state index in [2.05, 4.69) is 333 Å². The highest BCUT2D eigenvalue weighted by Crippen LogP contribution is 2.52. The molecule has 16 aromatic rings. The van der Waals surface area contributed by atoms with E-state index in [0.717, 1.165) is 45.3 Å². The molecular weight excluding hydrogens is 1030 g/mol. The molecule has 0 fully saturated rings. The Hall–Kier alpha value is -11.1. The van der Waals surface area contributed by atoms with Crippen molar-refractivity contribution < 1.29 is 0 Å². The average Bonchev–Trinajstić information content (AvgIpc) is 2.02. The maximum Gasteiger partial charge on any atom is 0.247 e. The van der Waals surface area contributed by atoms with Crippen molar-refractivity contribution in [2.45, 2.75) is 5.92 Å². The van der Waals surface area contributed by atoms with E-state index in [0.29, 0.717) is 0 Å². The van der Waals surface area contributed by atoms with Gasteiger partial charge in [-0.2, -0.15) is 0 Å². The zero-order chi connectivity index (χ0) is 55.7. The van der Waals surface area contributed by atoms with Gasteiger partial charge >= 0.3 is 0 Å². The highest BCUT2D eigenvalue weighted by molar-refractivity contribution is 6.99. The Morgan fingerprint density at radius 3 is 1.35 bits per heavy atom. The summed E-state index contributed by atoms with van der Waals surface area (Å²) in [4.78, 5) is 5.14. The highest BCUT2D eigenvalue weighted by atomic mass is 15.2. The Morgan fingerprint density at radius 1 is 0.306 bits per heavy atom. The summed E-state index contributed by atoms with van der Waals surface area (Å²) in [5, 5.41) is 7.39. The monoisotopic (exact) mass is 1080 g/mol. The van der Waals surface area contributed by atoms with Gasteiger partial charge in [0.2, 0.25) is 6.71 Å². The fourth-order valence-corrected chi connectivity index (χ4v) is 15.0. The van der Waals surface area contributed by atoms with Crippen molar-refractivity contribution in [3.63, 3.8) is 0 Å². The van der Waals surface area contributed by atoms with Crippen molar-refractivity contribution in [1.82, 2.24) is 13.7 Å². The first-order chi connectivity index (χ1) is 42.2. The topological polar surface area (TPSA) is 21.3 Å². The minimum atomic E-state index is -0.160. The summed E-state index contributed by atoms with van der Waals surface area (Å²) in [5.41, 5.74) is 25.0. The van der Waals surface area contributed by atoms with Crippen molar-refractivity contribution in [2.75, 3.05) is 9.80 Å². The molecule has 3 aromatic heterocycles. The molecule has 396 valence electrons. The second-order valence-corrected chi connectivity index (χ2v) is 22.7. The van der Waals surface area contributed by atoms with Crippen LogP contribution < -0.4 is 26.2 Å². The Morgan fingerprint density at radius 2 is 0.753 bits per heavy atom. The molecule has 0 saturated heterocycles. The lowest BCUT2D eigenvalue weighted by atomic mass is 9.30. The molecule has 0 bridgehead atoms. The van der Waals surface area contributed by atoms with Gasteiger partial charge in [0.1, 0.15) is 0 Å². The van der Waals surface area contributed by atoms with Crippen LogP contribution in [0.5, 0.6) is 0 Å². The van der Waals surface area contributed by atoms with Crippen LogP contribution in [0, 0.1) is 0 Å². The average molecular weight is 1080 g/mol. The summed E-state index contributed by atoms with van der Waals surface area (Å²) in [5.74, 6) is -0.160. The molecule has 0 N–H and O–H groups in total. The molecule has 2 aliphatic heterocycles. The zero-order valence-electron chi connectivity index (χ0n) is 46.3. The maximum absolute atomic E-state index is 2.63. The van der Waals surface area contributed by atoms with E-state index in [4.69, 9.17) is 0 Å². The summed E-state index contributed by atoms with van der Waals surface area (Å²) < 4.78 is 7.36. The van der Waals surface area contributed by atoms with Crippen LogP contribution in [0.3, 0.4) is 0 Å². The Labute approximate surface area is 492 Å². The lowest BCUT2D eigenvalue weighted by Gasteiger charge is -2.44. The summed E-state index contributed by atoms with van der Waals surface area (Å²) in [6.45, 7) is -0.138. The lowest BCUT2D eigenvalue weighted by molar-refractivity contribution is 0.994. The van der Waals surface area contributed by atoms with Gasteiger partial charge in [-0.15, -0.1) is 0 Å². The number of rotatable bonds is 8. The SMILES string of the molecule is c1ccc(C2c3cc(N(c4ccccc4)c4ccc5c(c4)c4ccccc4n5-c4ccccc4)cc4c3B(c3ccc5c(c32)c2ccccc2n5-c2ccccc2)c2ccc3c(c2N4c2ccccc2)c2ccccc2n3-c2ccccc2)cc1. The molecule has 13 aromatic carbocycles. The molecular formula is C79H52BN5. The number of hydrogen-bond acceptors (Lipinski definition) is 2. The molecule has 0 aliphatic carbocycles. The third-order valence-electron chi connectivity index (χ3n) is 18.3. The number of nitrogens with zero attached hydrogens (tertiary/aromatic N) is 5. The first-order valence-electron chi connectivity index (χ1n) is 29.5. The molecule has 0 amide bonds. The van der Waals surface area contributed by atoms with Crippen molar-refractivity contribution in [3.8, 4) is 17.1 Å². The van der Waals surface area contributed by atoms with E-state index in [9.17, 15) is 0 Å². The molecule has 1 atom stereocenters. The minimum absolute atomic E-state index is 0.138. The molecule has 5 nitrogen and oxygen atoms in total. The van der Waals surface area contributed by atoms with Crippen molar-refractivity contribution in [2.24, 2.45) is 0 Å². The molecule has 6 heteroatoms. The lowest BCUT2D eigenvalue weighted by Crippen LogP contribution is -2.62. The van der Waals surface area contributed by atoms with Crippen LogP contribution in [-0.2, 0) is 0 Å². The second-order valence-electron chi connectivity index (χ2n) is 22.7. The quantitative estimate of drug-likeness (QED) is 0.141. The van der Waals surface area contributed by atoms with Crippen molar-refractivity contribution in [3.05, 3.63) is 326 Å². The highest BCUT2D eigenvalue weighted by Gasteiger charge is 2.46. The van der Waals surface area contributed by atoms with Gasteiger partial charge in [0.05, 0.1) is 38.8 Å². The number of para-hydroxylation sites is 8. The molecule has 0 spiro atoms. The first-order valence-corrected chi connectivity index (χ1v) is 29.5. The van der Waals surface area contributed by atoms with E-state index in [1.54, 1.807) is 0 Å². The Bertz CT molecular complexity index is 5080. The molecule has 85 heavy (non-hydrogen) atoms. The van der Waals surface area contributed by atoms with Gasteiger partial charge in [0, 0.05) is 83.7 Å². The van der Waals surface area contributed by atoms with Gasteiger partial charge in [0.25, 0.3) is 0 Å². The fraction of sp³-hybridized carbons (Fsp3) is 0.0127. The van der Waals surface area contributed by atoms with E-state index in [-0.39, 0.29) is 12.6 Å². The largest absolute Gasteiger partial charge is 0.311 e. The normalized spacial score (nSPS) is 13.5. The second kappa shape index (κ2) is 18.7. The Kier molecular flexibility index (Phi) is 10.5. The molecule has 0 saturated carbocycles.